The number of nitrogens with zero attached hydrogens (tertiary/aromatic N) is 1. The van der Waals surface area contributed by atoms with E-state index in [0.717, 1.165) is 18.5 Å². The van der Waals surface area contributed by atoms with Crippen LogP contribution in [-0.2, 0) is 13.0 Å². The molecule has 1 aromatic heterocycles. The molecule has 0 aliphatic carbocycles. The molecule has 0 bridgehead atoms. The highest BCUT2D eigenvalue weighted by molar-refractivity contribution is 5.10. The van der Waals surface area contributed by atoms with Gasteiger partial charge >= 0.3 is 0 Å². The number of hydrogen-bond donors (Lipinski definition) is 1. The normalized spacial score (nSPS) is 10.9. The van der Waals surface area contributed by atoms with Gasteiger partial charge in [-0.25, -0.2) is 0 Å². The molecule has 0 spiro atoms. The van der Waals surface area contributed by atoms with Gasteiger partial charge in [-0.3, -0.25) is 4.79 Å². The van der Waals surface area contributed by atoms with Crippen molar-refractivity contribution in [2.24, 2.45) is 11.7 Å². The third-order valence-corrected chi connectivity index (χ3v) is 2.04. The van der Waals surface area contributed by atoms with Crippen LogP contribution >= 0.6 is 0 Å². The third-order valence-electron chi connectivity index (χ3n) is 2.04. The van der Waals surface area contributed by atoms with E-state index in [1.807, 2.05) is 12.3 Å². The molecule has 2 N–H and O–H groups in total. The minimum atomic E-state index is 0.0690. The number of rotatable bonds is 4. The number of pyridine rings is 1. The lowest BCUT2D eigenvalue weighted by Crippen LogP contribution is -2.22. The minimum Gasteiger partial charge on any atom is -0.330 e. The molecule has 0 fully saturated rings. The maximum atomic E-state index is 11.4. The number of aromatic nitrogens is 1. The summed E-state index contributed by atoms with van der Waals surface area (Å²) >= 11 is 0. The van der Waals surface area contributed by atoms with Gasteiger partial charge in [-0.15, -0.1) is 0 Å². The maximum absolute atomic E-state index is 11.4. The van der Waals surface area contributed by atoms with E-state index in [9.17, 15) is 4.79 Å². The van der Waals surface area contributed by atoms with Crippen LogP contribution in [0, 0.1) is 5.92 Å². The van der Waals surface area contributed by atoms with Gasteiger partial charge in [0, 0.05) is 18.8 Å². The molecule has 3 heteroatoms. The van der Waals surface area contributed by atoms with Gasteiger partial charge in [-0.1, -0.05) is 19.9 Å². The first-order valence-electron chi connectivity index (χ1n) is 5.03. The van der Waals surface area contributed by atoms with Crippen molar-refractivity contribution in [3.05, 3.63) is 34.2 Å². The second-order valence-corrected chi connectivity index (χ2v) is 3.96. The minimum absolute atomic E-state index is 0.0690. The fourth-order valence-corrected chi connectivity index (χ4v) is 1.43. The van der Waals surface area contributed by atoms with Gasteiger partial charge in [0.05, 0.1) is 0 Å². The van der Waals surface area contributed by atoms with Gasteiger partial charge in [-0.05, 0) is 24.4 Å². The second-order valence-electron chi connectivity index (χ2n) is 3.96. The van der Waals surface area contributed by atoms with Crippen molar-refractivity contribution in [1.82, 2.24) is 4.57 Å². The summed E-state index contributed by atoms with van der Waals surface area (Å²) in [5.74, 6) is 0.487. The third kappa shape index (κ3) is 3.00. The van der Waals surface area contributed by atoms with Crippen LogP contribution in [0.2, 0.25) is 0 Å². The summed E-state index contributed by atoms with van der Waals surface area (Å²) in [6, 6.07) is 3.47. The molecule has 0 saturated heterocycles. The fraction of sp³-hybridized carbons (Fsp3) is 0.545. The molecule has 0 atom stereocenters. The largest absolute Gasteiger partial charge is 0.330 e. The van der Waals surface area contributed by atoms with Crippen LogP contribution in [0.25, 0.3) is 0 Å². The monoisotopic (exact) mass is 194 g/mol. The van der Waals surface area contributed by atoms with Crippen molar-refractivity contribution >= 4 is 0 Å². The zero-order valence-electron chi connectivity index (χ0n) is 8.86. The van der Waals surface area contributed by atoms with Crippen molar-refractivity contribution in [1.29, 1.82) is 0 Å². The van der Waals surface area contributed by atoms with Crippen molar-refractivity contribution < 1.29 is 0 Å². The highest BCUT2D eigenvalue weighted by atomic mass is 16.1. The standard InChI is InChI=1S/C11H18N2O/c1-9(2)7-13-8-10(5-6-12)3-4-11(13)14/h3-4,8-9H,5-7,12H2,1-2H3. The Morgan fingerprint density at radius 3 is 2.71 bits per heavy atom. The lowest BCUT2D eigenvalue weighted by atomic mass is 10.2. The molecule has 14 heavy (non-hydrogen) atoms. The molecule has 1 aromatic rings. The van der Waals surface area contributed by atoms with E-state index in [1.165, 1.54) is 0 Å². The van der Waals surface area contributed by atoms with Crippen LogP contribution in [0.4, 0.5) is 0 Å². The molecule has 3 nitrogen and oxygen atoms in total. The van der Waals surface area contributed by atoms with Gasteiger partial charge in [-0.2, -0.15) is 0 Å². The van der Waals surface area contributed by atoms with Gasteiger partial charge in [0.2, 0.25) is 0 Å². The van der Waals surface area contributed by atoms with Crippen molar-refractivity contribution in [2.75, 3.05) is 6.54 Å². The first kappa shape index (κ1) is 11.0. The van der Waals surface area contributed by atoms with Crippen LogP contribution in [0.5, 0.6) is 0 Å². The molecular weight excluding hydrogens is 176 g/mol. The molecule has 0 aliphatic rings. The van der Waals surface area contributed by atoms with E-state index in [-0.39, 0.29) is 5.56 Å². The van der Waals surface area contributed by atoms with Crippen molar-refractivity contribution in [2.45, 2.75) is 26.8 Å². The van der Waals surface area contributed by atoms with E-state index in [1.54, 1.807) is 10.6 Å². The molecular formula is C11H18N2O. The highest BCUT2D eigenvalue weighted by Crippen LogP contribution is 2.00. The predicted octanol–water partition coefficient (Wildman–Crippen LogP) is 1.01. The first-order chi connectivity index (χ1) is 6.63. The van der Waals surface area contributed by atoms with Crippen LogP contribution in [0.3, 0.4) is 0 Å². The lowest BCUT2D eigenvalue weighted by Gasteiger charge is -2.09. The van der Waals surface area contributed by atoms with Gasteiger partial charge < -0.3 is 10.3 Å². The van der Waals surface area contributed by atoms with Gasteiger partial charge in [0.15, 0.2) is 0 Å². The summed E-state index contributed by atoms with van der Waals surface area (Å²) in [5.41, 5.74) is 6.66. The van der Waals surface area contributed by atoms with Crippen molar-refractivity contribution in [3.63, 3.8) is 0 Å². The van der Waals surface area contributed by atoms with E-state index >= 15 is 0 Å². The fourth-order valence-electron chi connectivity index (χ4n) is 1.43. The summed E-state index contributed by atoms with van der Waals surface area (Å²) in [5, 5.41) is 0. The molecule has 0 aromatic carbocycles. The van der Waals surface area contributed by atoms with Gasteiger partial charge in [0.25, 0.3) is 5.56 Å². The summed E-state index contributed by atoms with van der Waals surface area (Å²) in [6.45, 7) is 5.60. The van der Waals surface area contributed by atoms with Crippen LogP contribution in [0.1, 0.15) is 19.4 Å². The Morgan fingerprint density at radius 2 is 2.14 bits per heavy atom. The summed E-state index contributed by atoms with van der Waals surface area (Å²) in [4.78, 5) is 11.4. The van der Waals surface area contributed by atoms with E-state index < -0.39 is 0 Å². The molecule has 1 rings (SSSR count). The molecule has 0 saturated carbocycles. The van der Waals surface area contributed by atoms with Gasteiger partial charge in [0.1, 0.15) is 0 Å². The number of nitrogens with two attached hydrogens (primary N) is 1. The first-order valence-corrected chi connectivity index (χ1v) is 5.03. The van der Waals surface area contributed by atoms with Crippen molar-refractivity contribution in [3.8, 4) is 0 Å². The average molecular weight is 194 g/mol. The van der Waals surface area contributed by atoms with E-state index in [2.05, 4.69) is 13.8 Å². The quantitative estimate of drug-likeness (QED) is 0.777. The number of hydrogen-bond acceptors (Lipinski definition) is 2. The Balaban J connectivity index is 2.90. The molecule has 0 aliphatic heterocycles. The topological polar surface area (TPSA) is 48.0 Å². The smallest absolute Gasteiger partial charge is 0.250 e. The molecule has 0 radical (unpaired) electrons. The van der Waals surface area contributed by atoms with E-state index in [4.69, 9.17) is 5.73 Å². The average Bonchev–Trinajstić information content (AvgIpc) is 2.10. The Morgan fingerprint density at radius 1 is 1.43 bits per heavy atom. The molecule has 1 heterocycles. The summed E-state index contributed by atoms with van der Waals surface area (Å²) < 4.78 is 1.76. The molecule has 0 unspecified atom stereocenters. The lowest BCUT2D eigenvalue weighted by molar-refractivity contribution is 0.509. The maximum Gasteiger partial charge on any atom is 0.250 e. The van der Waals surface area contributed by atoms with E-state index in [0.29, 0.717) is 12.5 Å². The van der Waals surface area contributed by atoms with Crippen LogP contribution in [0.15, 0.2) is 23.1 Å². The predicted molar refractivity (Wildman–Crippen MR) is 58.3 cm³/mol. The highest BCUT2D eigenvalue weighted by Gasteiger charge is 2.00. The second kappa shape index (κ2) is 4.96. The zero-order valence-corrected chi connectivity index (χ0v) is 8.86. The molecule has 0 amide bonds. The summed E-state index contributed by atoms with van der Waals surface area (Å²) in [6.07, 6.45) is 2.74. The van der Waals surface area contributed by atoms with Crippen LogP contribution in [-0.4, -0.2) is 11.1 Å². The SMILES string of the molecule is CC(C)Cn1cc(CCN)ccc1=O. The van der Waals surface area contributed by atoms with Crippen LogP contribution < -0.4 is 11.3 Å². The summed E-state index contributed by atoms with van der Waals surface area (Å²) in [7, 11) is 0. The Bertz CT molecular complexity index is 341. The Hall–Kier alpha value is -1.09. The molecule has 78 valence electrons. The zero-order chi connectivity index (χ0) is 10.6. The Kier molecular flexibility index (Phi) is 3.89. The Labute approximate surface area is 84.6 Å².